The Balaban J connectivity index is 2.75. The van der Waals surface area contributed by atoms with Gasteiger partial charge >= 0.3 is 0 Å². The van der Waals surface area contributed by atoms with E-state index in [1.807, 2.05) is 13.8 Å². The van der Waals surface area contributed by atoms with Crippen LogP contribution in [0.3, 0.4) is 0 Å². The van der Waals surface area contributed by atoms with Crippen LogP contribution in [0.15, 0.2) is 18.2 Å². The van der Waals surface area contributed by atoms with Gasteiger partial charge in [0.05, 0.1) is 12.5 Å². The minimum Gasteiger partial charge on any atom is -0.306 e. The first-order valence-electron chi connectivity index (χ1n) is 5.65. The average molecular weight is 238 g/mol. The number of nitrogens with zero attached hydrogens (tertiary/aromatic N) is 1. The summed E-state index contributed by atoms with van der Waals surface area (Å²) in [6.07, 6.45) is 1.19. The lowest BCUT2D eigenvalue weighted by molar-refractivity contribution is 0.444. The molecule has 2 atom stereocenters. The van der Waals surface area contributed by atoms with Crippen LogP contribution < -0.4 is 5.32 Å². The van der Waals surface area contributed by atoms with Crippen molar-refractivity contribution >= 4 is 0 Å². The molecule has 0 spiro atoms. The van der Waals surface area contributed by atoms with E-state index in [9.17, 15) is 8.78 Å². The molecule has 0 heterocycles. The van der Waals surface area contributed by atoms with E-state index < -0.39 is 11.6 Å². The number of nitriles is 1. The summed E-state index contributed by atoms with van der Waals surface area (Å²) >= 11 is 0. The van der Waals surface area contributed by atoms with Crippen molar-refractivity contribution in [3.63, 3.8) is 0 Å². The van der Waals surface area contributed by atoms with Crippen molar-refractivity contribution in [2.75, 3.05) is 0 Å². The van der Waals surface area contributed by atoms with Crippen molar-refractivity contribution in [3.05, 3.63) is 35.4 Å². The van der Waals surface area contributed by atoms with Crippen molar-refractivity contribution < 1.29 is 8.78 Å². The Morgan fingerprint density at radius 3 is 2.35 bits per heavy atom. The molecule has 0 saturated carbocycles. The van der Waals surface area contributed by atoms with Crippen molar-refractivity contribution in [3.8, 4) is 6.07 Å². The molecule has 1 N–H and O–H groups in total. The van der Waals surface area contributed by atoms with Gasteiger partial charge in [-0.25, -0.2) is 8.78 Å². The molecule has 2 unspecified atom stereocenters. The molecule has 0 aromatic heterocycles. The molecule has 1 aromatic rings. The lowest BCUT2D eigenvalue weighted by atomic mass is 10.1. The minimum absolute atomic E-state index is 0.0429. The van der Waals surface area contributed by atoms with Gasteiger partial charge in [-0.05, 0) is 31.0 Å². The summed E-state index contributed by atoms with van der Waals surface area (Å²) in [4.78, 5) is 0. The van der Waals surface area contributed by atoms with Crippen LogP contribution in [0.4, 0.5) is 8.78 Å². The van der Waals surface area contributed by atoms with Crippen LogP contribution >= 0.6 is 0 Å². The van der Waals surface area contributed by atoms with Crippen molar-refractivity contribution in [2.24, 2.45) is 0 Å². The zero-order valence-corrected chi connectivity index (χ0v) is 10.0. The highest BCUT2D eigenvalue weighted by Crippen LogP contribution is 2.17. The Morgan fingerprint density at radius 1 is 1.29 bits per heavy atom. The molecule has 2 nitrogen and oxygen atoms in total. The van der Waals surface area contributed by atoms with E-state index in [0.717, 1.165) is 12.5 Å². The largest absolute Gasteiger partial charge is 0.306 e. The first-order valence-corrected chi connectivity index (χ1v) is 5.65. The molecule has 0 bridgehead atoms. The molecule has 1 aromatic carbocycles. The molecule has 0 fully saturated rings. The van der Waals surface area contributed by atoms with Crippen LogP contribution in [-0.2, 0) is 0 Å². The second kappa shape index (κ2) is 6.31. The SMILES string of the molecule is CCC(CC#N)NC(C)c1cc(F)cc(F)c1. The molecule has 0 amide bonds. The van der Waals surface area contributed by atoms with E-state index >= 15 is 0 Å². The van der Waals surface area contributed by atoms with E-state index in [0.29, 0.717) is 12.0 Å². The first-order chi connectivity index (χ1) is 8.06. The van der Waals surface area contributed by atoms with E-state index in [1.165, 1.54) is 12.1 Å². The lowest BCUT2D eigenvalue weighted by Gasteiger charge is -2.20. The monoisotopic (exact) mass is 238 g/mol. The number of hydrogen-bond acceptors (Lipinski definition) is 2. The van der Waals surface area contributed by atoms with Gasteiger partial charge in [-0.2, -0.15) is 5.26 Å². The molecule has 0 saturated heterocycles. The highest BCUT2D eigenvalue weighted by Gasteiger charge is 2.13. The molecule has 0 aliphatic rings. The van der Waals surface area contributed by atoms with Gasteiger partial charge < -0.3 is 5.32 Å². The quantitative estimate of drug-likeness (QED) is 0.854. The zero-order valence-electron chi connectivity index (χ0n) is 10.0. The predicted octanol–water partition coefficient (Wildman–Crippen LogP) is 3.31. The van der Waals surface area contributed by atoms with Gasteiger partial charge in [0.2, 0.25) is 0 Å². The molecule has 0 aliphatic heterocycles. The third-order valence-electron chi connectivity index (χ3n) is 2.70. The summed E-state index contributed by atoms with van der Waals surface area (Å²) in [5.74, 6) is -1.16. The summed E-state index contributed by atoms with van der Waals surface area (Å²) in [5, 5.41) is 11.8. The smallest absolute Gasteiger partial charge is 0.126 e. The fraction of sp³-hybridized carbons (Fsp3) is 0.462. The van der Waals surface area contributed by atoms with Gasteiger partial charge in [0, 0.05) is 18.2 Å². The lowest BCUT2D eigenvalue weighted by Crippen LogP contribution is -2.30. The second-order valence-corrected chi connectivity index (χ2v) is 4.06. The Morgan fingerprint density at radius 2 is 1.88 bits per heavy atom. The summed E-state index contributed by atoms with van der Waals surface area (Å²) in [6.45, 7) is 3.79. The number of nitrogens with one attached hydrogen (secondary N) is 1. The summed E-state index contributed by atoms with van der Waals surface area (Å²) in [5.41, 5.74) is 0.555. The molecule has 4 heteroatoms. The maximum atomic E-state index is 13.0. The number of benzene rings is 1. The summed E-state index contributed by atoms with van der Waals surface area (Å²) in [6, 6.07) is 5.41. The fourth-order valence-electron chi connectivity index (χ4n) is 1.71. The molecular weight excluding hydrogens is 222 g/mol. The van der Waals surface area contributed by atoms with Gasteiger partial charge in [-0.3, -0.25) is 0 Å². The van der Waals surface area contributed by atoms with Gasteiger partial charge in [-0.1, -0.05) is 6.92 Å². The van der Waals surface area contributed by atoms with E-state index in [2.05, 4.69) is 11.4 Å². The minimum atomic E-state index is -0.581. The normalized spacial score (nSPS) is 14.1. The molecule has 1 rings (SSSR count). The van der Waals surface area contributed by atoms with Gasteiger partial charge in [0.15, 0.2) is 0 Å². The third-order valence-corrected chi connectivity index (χ3v) is 2.70. The van der Waals surface area contributed by atoms with Gasteiger partial charge in [-0.15, -0.1) is 0 Å². The van der Waals surface area contributed by atoms with Crippen LogP contribution in [0.1, 0.15) is 38.3 Å². The highest BCUT2D eigenvalue weighted by molar-refractivity contribution is 5.21. The Kier molecular flexibility index (Phi) is 5.05. The molecule has 0 radical (unpaired) electrons. The second-order valence-electron chi connectivity index (χ2n) is 4.06. The maximum Gasteiger partial charge on any atom is 0.126 e. The number of halogens is 2. The maximum absolute atomic E-state index is 13.0. The molecular formula is C13H16F2N2. The van der Waals surface area contributed by atoms with Crippen LogP contribution in [0.25, 0.3) is 0 Å². The standard InChI is InChI=1S/C13H16F2N2/c1-3-13(4-5-16)17-9(2)10-6-11(14)8-12(15)7-10/h6-9,13,17H,3-4H2,1-2H3. The summed E-state index contributed by atoms with van der Waals surface area (Å²) in [7, 11) is 0. The number of rotatable bonds is 5. The molecule has 17 heavy (non-hydrogen) atoms. The van der Waals surface area contributed by atoms with E-state index in [-0.39, 0.29) is 12.1 Å². The van der Waals surface area contributed by atoms with Crippen LogP contribution in [-0.4, -0.2) is 6.04 Å². The highest BCUT2D eigenvalue weighted by atomic mass is 19.1. The fourth-order valence-corrected chi connectivity index (χ4v) is 1.71. The van der Waals surface area contributed by atoms with Crippen LogP contribution in [0.2, 0.25) is 0 Å². The topological polar surface area (TPSA) is 35.8 Å². The average Bonchev–Trinajstić information content (AvgIpc) is 2.27. The molecule has 0 aliphatic carbocycles. The first kappa shape index (κ1) is 13.6. The van der Waals surface area contributed by atoms with Crippen molar-refractivity contribution in [1.82, 2.24) is 5.32 Å². The van der Waals surface area contributed by atoms with Crippen molar-refractivity contribution in [2.45, 2.75) is 38.8 Å². The Labute approximate surface area is 100 Å². The Bertz CT molecular complexity index is 392. The Hall–Kier alpha value is -1.47. The van der Waals surface area contributed by atoms with Gasteiger partial charge in [0.1, 0.15) is 11.6 Å². The summed E-state index contributed by atoms with van der Waals surface area (Å²) < 4.78 is 26.1. The van der Waals surface area contributed by atoms with Crippen LogP contribution in [0.5, 0.6) is 0 Å². The zero-order chi connectivity index (χ0) is 12.8. The van der Waals surface area contributed by atoms with Crippen LogP contribution in [0, 0.1) is 23.0 Å². The van der Waals surface area contributed by atoms with Crippen molar-refractivity contribution in [1.29, 1.82) is 5.26 Å². The van der Waals surface area contributed by atoms with E-state index in [4.69, 9.17) is 5.26 Å². The molecule has 92 valence electrons. The van der Waals surface area contributed by atoms with Gasteiger partial charge in [0.25, 0.3) is 0 Å². The predicted molar refractivity (Wildman–Crippen MR) is 62.2 cm³/mol. The third kappa shape index (κ3) is 4.12. The van der Waals surface area contributed by atoms with E-state index in [1.54, 1.807) is 0 Å². The number of hydrogen-bond donors (Lipinski definition) is 1.